The third-order valence-corrected chi connectivity index (χ3v) is 6.64. The molecule has 0 radical (unpaired) electrons. The van der Waals surface area contributed by atoms with Crippen LogP contribution in [-0.4, -0.2) is 47.0 Å². The van der Waals surface area contributed by atoms with Crippen molar-refractivity contribution >= 4 is 5.91 Å². The lowest BCUT2D eigenvalue weighted by atomic mass is 9.88. The van der Waals surface area contributed by atoms with Crippen LogP contribution in [0.5, 0.6) is 0 Å². The molecule has 4 rings (SSSR count). The Kier molecular flexibility index (Phi) is 6.88. The highest BCUT2D eigenvalue weighted by molar-refractivity contribution is 5.93. The molecule has 0 atom stereocenters. The zero-order valence-electron chi connectivity index (χ0n) is 18.5. The van der Waals surface area contributed by atoms with E-state index in [0.29, 0.717) is 23.5 Å². The summed E-state index contributed by atoms with van der Waals surface area (Å²) in [5, 5.41) is 4.20. The molecule has 2 fully saturated rings. The van der Waals surface area contributed by atoms with Gasteiger partial charge in [-0.3, -0.25) is 4.79 Å². The van der Waals surface area contributed by atoms with E-state index in [1.807, 2.05) is 18.2 Å². The highest BCUT2D eigenvalue weighted by Gasteiger charge is 2.34. The Morgan fingerprint density at radius 1 is 0.933 bits per heavy atom. The first-order valence-electron chi connectivity index (χ1n) is 11.7. The molecule has 1 aromatic carbocycles. The second-order valence-corrected chi connectivity index (χ2v) is 9.31. The van der Waals surface area contributed by atoms with Gasteiger partial charge in [0.1, 0.15) is 0 Å². The van der Waals surface area contributed by atoms with Gasteiger partial charge in [0.25, 0.3) is 5.91 Å². The molecule has 0 unspecified atom stereocenters. The average Bonchev–Trinajstić information content (AvgIpc) is 3.26. The van der Waals surface area contributed by atoms with Crippen molar-refractivity contribution in [3.63, 3.8) is 0 Å². The van der Waals surface area contributed by atoms with Gasteiger partial charge >= 0.3 is 0 Å². The van der Waals surface area contributed by atoms with Crippen LogP contribution in [0.4, 0.5) is 0 Å². The zero-order chi connectivity index (χ0) is 20.9. The Morgan fingerprint density at radius 2 is 1.50 bits per heavy atom. The number of nitrogens with zero attached hydrogens (tertiary/aromatic N) is 3. The van der Waals surface area contributed by atoms with Crippen LogP contribution in [0.15, 0.2) is 34.9 Å². The first-order chi connectivity index (χ1) is 14.6. The fourth-order valence-corrected chi connectivity index (χ4v) is 5.13. The summed E-state index contributed by atoms with van der Waals surface area (Å²) in [4.78, 5) is 17.9. The summed E-state index contributed by atoms with van der Waals surface area (Å²) < 4.78 is 5.61. The van der Waals surface area contributed by atoms with Crippen molar-refractivity contribution < 1.29 is 9.32 Å². The van der Waals surface area contributed by atoms with E-state index in [4.69, 9.17) is 4.52 Å². The minimum atomic E-state index is 0.0630. The SMILES string of the molecule is CN(C)Cc1ccc(-c2cc(C(=O)N(C3CCCCC3)C3CCCCC3)no2)cc1. The van der Waals surface area contributed by atoms with Gasteiger partial charge < -0.3 is 14.3 Å². The van der Waals surface area contributed by atoms with Gasteiger partial charge in [0, 0.05) is 30.3 Å². The fraction of sp³-hybridized carbons (Fsp3) is 0.600. The Balaban J connectivity index is 1.53. The van der Waals surface area contributed by atoms with Crippen molar-refractivity contribution in [3.8, 4) is 11.3 Å². The van der Waals surface area contributed by atoms with E-state index in [9.17, 15) is 4.79 Å². The molecule has 2 saturated carbocycles. The van der Waals surface area contributed by atoms with Crippen LogP contribution in [0, 0.1) is 0 Å². The summed E-state index contributed by atoms with van der Waals surface area (Å²) in [5.41, 5.74) is 2.67. The summed E-state index contributed by atoms with van der Waals surface area (Å²) >= 11 is 0. The number of hydrogen-bond donors (Lipinski definition) is 0. The molecule has 162 valence electrons. The van der Waals surface area contributed by atoms with Crippen molar-refractivity contribution in [3.05, 3.63) is 41.6 Å². The Labute approximate surface area is 180 Å². The van der Waals surface area contributed by atoms with E-state index in [2.05, 4.69) is 41.2 Å². The Bertz CT molecular complexity index is 797. The van der Waals surface area contributed by atoms with Gasteiger partial charge in [0.2, 0.25) is 0 Å². The van der Waals surface area contributed by atoms with Crippen LogP contribution in [0.1, 0.15) is 80.3 Å². The molecule has 2 aliphatic carbocycles. The summed E-state index contributed by atoms with van der Waals surface area (Å²) in [6.45, 7) is 0.901. The molecule has 0 saturated heterocycles. The molecule has 30 heavy (non-hydrogen) atoms. The molecular weight excluding hydrogens is 374 g/mol. The smallest absolute Gasteiger partial charge is 0.276 e. The molecule has 1 heterocycles. The Morgan fingerprint density at radius 3 is 2.03 bits per heavy atom. The fourth-order valence-electron chi connectivity index (χ4n) is 5.13. The molecule has 5 nitrogen and oxygen atoms in total. The molecule has 2 aromatic rings. The lowest BCUT2D eigenvalue weighted by Crippen LogP contribution is -2.48. The van der Waals surface area contributed by atoms with Crippen LogP contribution < -0.4 is 0 Å². The number of benzene rings is 1. The van der Waals surface area contributed by atoms with Gasteiger partial charge in [0.15, 0.2) is 11.5 Å². The van der Waals surface area contributed by atoms with Crippen LogP contribution in [0.2, 0.25) is 0 Å². The molecule has 0 spiro atoms. The number of aromatic nitrogens is 1. The maximum absolute atomic E-state index is 13.6. The van der Waals surface area contributed by atoms with Crippen LogP contribution in [0.3, 0.4) is 0 Å². The van der Waals surface area contributed by atoms with Crippen LogP contribution >= 0.6 is 0 Å². The maximum atomic E-state index is 13.6. The predicted molar refractivity (Wildman–Crippen MR) is 119 cm³/mol. The molecule has 2 aliphatic rings. The maximum Gasteiger partial charge on any atom is 0.276 e. The van der Waals surface area contributed by atoms with E-state index in [0.717, 1.165) is 37.8 Å². The zero-order valence-corrected chi connectivity index (χ0v) is 18.5. The average molecular weight is 410 g/mol. The molecular formula is C25H35N3O2. The molecule has 0 aliphatic heterocycles. The quantitative estimate of drug-likeness (QED) is 0.631. The molecule has 0 bridgehead atoms. The van der Waals surface area contributed by atoms with E-state index in [-0.39, 0.29) is 5.91 Å². The van der Waals surface area contributed by atoms with Crippen molar-refractivity contribution in [2.24, 2.45) is 0 Å². The third-order valence-electron chi connectivity index (χ3n) is 6.64. The number of amides is 1. The Hall–Kier alpha value is -2.14. The molecule has 0 N–H and O–H groups in total. The highest BCUT2D eigenvalue weighted by Crippen LogP contribution is 2.32. The second-order valence-electron chi connectivity index (χ2n) is 9.31. The summed E-state index contributed by atoms with van der Waals surface area (Å²) in [6.07, 6.45) is 12.0. The van der Waals surface area contributed by atoms with Crippen molar-refractivity contribution in [2.45, 2.75) is 82.8 Å². The summed E-state index contributed by atoms with van der Waals surface area (Å²) in [6, 6.07) is 10.9. The van der Waals surface area contributed by atoms with E-state index in [1.165, 1.54) is 44.1 Å². The second kappa shape index (κ2) is 9.78. The molecule has 1 aromatic heterocycles. The summed E-state index contributed by atoms with van der Waals surface area (Å²) in [7, 11) is 4.12. The minimum absolute atomic E-state index is 0.0630. The van der Waals surface area contributed by atoms with Crippen LogP contribution in [-0.2, 0) is 6.54 Å². The monoisotopic (exact) mass is 409 g/mol. The highest BCUT2D eigenvalue weighted by atomic mass is 16.5. The van der Waals surface area contributed by atoms with E-state index < -0.39 is 0 Å². The normalized spacial score (nSPS) is 18.6. The first-order valence-corrected chi connectivity index (χ1v) is 11.7. The lowest BCUT2D eigenvalue weighted by molar-refractivity contribution is 0.0438. The van der Waals surface area contributed by atoms with E-state index in [1.54, 1.807) is 0 Å². The lowest BCUT2D eigenvalue weighted by Gasteiger charge is -2.41. The van der Waals surface area contributed by atoms with Crippen LogP contribution in [0.25, 0.3) is 11.3 Å². The van der Waals surface area contributed by atoms with Crippen molar-refractivity contribution in [2.75, 3.05) is 14.1 Å². The molecule has 1 amide bonds. The summed E-state index contributed by atoms with van der Waals surface area (Å²) in [5.74, 6) is 0.731. The minimum Gasteiger partial charge on any atom is -0.355 e. The standard InChI is InChI=1S/C25H35N3O2/c1-27(2)18-19-13-15-20(16-14-19)24-17-23(26-30-24)25(29)28(21-9-5-3-6-10-21)22-11-7-4-8-12-22/h13-17,21-22H,3-12,18H2,1-2H3. The van der Waals surface area contributed by atoms with Gasteiger partial charge in [0.05, 0.1) is 0 Å². The number of hydrogen-bond acceptors (Lipinski definition) is 4. The third kappa shape index (κ3) is 4.94. The van der Waals surface area contributed by atoms with Gasteiger partial charge in [-0.1, -0.05) is 67.9 Å². The van der Waals surface area contributed by atoms with E-state index >= 15 is 0 Å². The number of carbonyl (C=O) groups excluding carboxylic acids is 1. The largest absolute Gasteiger partial charge is 0.355 e. The van der Waals surface area contributed by atoms with Gasteiger partial charge in [-0.05, 0) is 45.3 Å². The topological polar surface area (TPSA) is 49.6 Å². The number of rotatable bonds is 6. The van der Waals surface area contributed by atoms with Crippen molar-refractivity contribution in [1.29, 1.82) is 0 Å². The predicted octanol–water partition coefficient (Wildman–Crippen LogP) is 5.51. The van der Waals surface area contributed by atoms with Gasteiger partial charge in [-0.15, -0.1) is 0 Å². The molecule has 5 heteroatoms. The first kappa shape index (κ1) is 21.1. The van der Waals surface area contributed by atoms with Gasteiger partial charge in [-0.25, -0.2) is 0 Å². The van der Waals surface area contributed by atoms with Gasteiger partial charge in [-0.2, -0.15) is 0 Å². The number of carbonyl (C=O) groups is 1. The van der Waals surface area contributed by atoms with Crippen molar-refractivity contribution in [1.82, 2.24) is 15.0 Å².